The Kier molecular flexibility index (Phi) is 5.47. The molecule has 2 aromatic rings. The summed E-state index contributed by atoms with van der Waals surface area (Å²) in [6.07, 6.45) is 3.65. The van der Waals surface area contributed by atoms with Crippen molar-refractivity contribution in [2.24, 2.45) is 0 Å². The lowest BCUT2D eigenvalue weighted by atomic mass is 10.2. The van der Waals surface area contributed by atoms with E-state index < -0.39 is 10.8 Å². The second-order valence-corrected chi connectivity index (χ2v) is 10.5. The lowest BCUT2D eigenvalue weighted by Gasteiger charge is -2.26. The van der Waals surface area contributed by atoms with Crippen molar-refractivity contribution in [1.82, 2.24) is 14.9 Å². The van der Waals surface area contributed by atoms with Crippen molar-refractivity contribution in [2.75, 3.05) is 30.3 Å². The van der Waals surface area contributed by atoms with Crippen molar-refractivity contribution in [2.45, 2.75) is 31.4 Å². The molecule has 0 spiro atoms. The van der Waals surface area contributed by atoms with E-state index in [1.54, 1.807) is 28.0 Å². The fourth-order valence-corrected chi connectivity index (χ4v) is 6.62. The lowest BCUT2D eigenvalue weighted by Crippen LogP contribution is -2.41. The predicted octanol–water partition coefficient (Wildman–Crippen LogP) is 1.69. The summed E-state index contributed by atoms with van der Waals surface area (Å²) in [6, 6.07) is 0. The van der Waals surface area contributed by atoms with Gasteiger partial charge in [0, 0.05) is 52.4 Å². The first-order valence-electron chi connectivity index (χ1n) is 8.86. The highest BCUT2D eigenvalue weighted by Gasteiger charge is 2.21. The maximum absolute atomic E-state index is 12.4. The van der Waals surface area contributed by atoms with Gasteiger partial charge in [-0.3, -0.25) is 13.8 Å². The van der Waals surface area contributed by atoms with Crippen molar-refractivity contribution in [1.29, 1.82) is 0 Å². The molecule has 1 fully saturated rings. The molecule has 0 saturated carbocycles. The normalized spacial score (nSPS) is 17.8. The molecular weight excluding hydrogens is 390 g/mol. The van der Waals surface area contributed by atoms with Crippen LogP contribution in [0.4, 0.5) is 0 Å². The number of aromatic amines is 1. The van der Waals surface area contributed by atoms with Crippen LogP contribution in [0.2, 0.25) is 0 Å². The highest BCUT2D eigenvalue weighted by atomic mass is 32.2. The molecule has 2 aromatic heterocycles. The third kappa shape index (κ3) is 3.75. The van der Waals surface area contributed by atoms with Gasteiger partial charge in [-0.1, -0.05) is 0 Å². The van der Waals surface area contributed by atoms with Gasteiger partial charge in [0.2, 0.25) is 5.91 Å². The Hall–Kier alpha value is -1.19. The summed E-state index contributed by atoms with van der Waals surface area (Å²) >= 11 is 3.26. The maximum Gasteiger partial charge on any atom is 0.259 e. The largest absolute Gasteiger partial charge is 0.341 e. The first kappa shape index (κ1) is 18.2. The van der Waals surface area contributed by atoms with Gasteiger partial charge in [-0.05, 0) is 24.8 Å². The molecule has 1 saturated heterocycles. The van der Waals surface area contributed by atoms with Crippen LogP contribution < -0.4 is 5.56 Å². The van der Waals surface area contributed by atoms with Gasteiger partial charge in [0.15, 0.2) is 0 Å². The van der Waals surface area contributed by atoms with Gasteiger partial charge in [0.1, 0.15) is 10.7 Å². The lowest BCUT2D eigenvalue weighted by molar-refractivity contribution is -0.130. The summed E-state index contributed by atoms with van der Waals surface area (Å²) in [6.45, 7) is 1.20. The summed E-state index contributed by atoms with van der Waals surface area (Å²) < 4.78 is 11.3. The van der Waals surface area contributed by atoms with Gasteiger partial charge in [-0.15, -0.1) is 11.3 Å². The molecule has 1 aliphatic heterocycles. The van der Waals surface area contributed by atoms with E-state index in [1.165, 1.54) is 10.4 Å². The number of carbonyl (C=O) groups is 1. The van der Waals surface area contributed by atoms with E-state index in [1.807, 2.05) is 0 Å². The Labute approximate surface area is 162 Å². The van der Waals surface area contributed by atoms with Crippen LogP contribution in [0.5, 0.6) is 0 Å². The molecule has 0 bridgehead atoms. The van der Waals surface area contributed by atoms with E-state index in [4.69, 9.17) is 0 Å². The number of hydrogen-bond acceptors (Lipinski definition) is 6. The quantitative estimate of drug-likeness (QED) is 0.757. The summed E-state index contributed by atoms with van der Waals surface area (Å²) in [5, 5.41) is 0.786. The third-order valence-corrected chi connectivity index (χ3v) is 8.29. The number of rotatable bonds is 5. The molecule has 1 aliphatic carbocycles. The van der Waals surface area contributed by atoms with E-state index in [0.717, 1.165) is 29.5 Å². The number of thioether (sulfide) groups is 1. The van der Waals surface area contributed by atoms with Gasteiger partial charge < -0.3 is 9.88 Å². The summed E-state index contributed by atoms with van der Waals surface area (Å²) in [5.41, 5.74) is 1.17. The van der Waals surface area contributed by atoms with Crippen molar-refractivity contribution >= 4 is 50.0 Å². The van der Waals surface area contributed by atoms with Gasteiger partial charge in [-0.25, -0.2) is 4.98 Å². The van der Waals surface area contributed by atoms with Crippen LogP contribution in [0.1, 0.15) is 29.1 Å². The molecule has 9 heteroatoms. The molecule has 26 heavy (non-hydrogen) atoms. The zero-order valence-corrected chi connectivity index (χ0v) is 16.9. The monoisotopic (exact) mass is 411 g/mol. The number of nitrogens with one attached hydrogen (secondary N) is 1. The Bertz CT molecular complexity index is 911. The Morgan fingerprint density at radius 2 is 2.12 bits per heavy atom. The molecule has 6 nitrogen and oxygen atoms in total. The molecule has 2 aliphatic rings. The third-order valence-electron chi connectivity index (χ3n) is 4.85. The molecule has 1 amide bonds. The number of amides is 1. The second-order valence-electron chi connectivity index (χ2n) is 6.58. The number of aromatic nitrogens is 2. The van der Waals surface area contributed by atoms with E-state index in [0.29, 0.717) is 48.3 Å². The van der Waals surface area contributed by atoms with Crippen LogP contribution in [0.15, 0.2) is 4.79 Å². The van der Waals surface area contributed by atoms with Crippen LogP contribution >= 0.6 is 23.1 Å². The van der Waals surface area contributed by atoms with Crippen LogP contribution in [-0.4, -0.2) is 55.3 Å². The molecule has 3 heterocycles. The molecule has 0 unspecified atom stereocenters. The van der Waals surface area contributed by atoms with Crippen molar-refractivity contribution in [3.05, 3.63) is 26.6 Å². The van der Waals surface area contributed by atoms with E-state index in [9.17, 15) is 13.8 Å². The molecular formula is C17H21N3O3S3. The van der Waals surface area contributed by atoms with E-state index in [2.05, 4.69) is 9.97 Å². The minimum absolute atomic E-state index is 0.0256. The van der Waals surface area contributed by atoms with Crippen molar-refractivity contribution in [3.8, 4) is 0 Å². The number of nitrogens with zero attached hydrogens (tertiary/aromatic N) is 2. The highest BCUT2D eigenvalue weighted by molar-refractivity contribution is 7.98. The zero-order chi connectivity index (χ0) is 18.1. The Balaban J connectivity index is 1.32. The summed E-state index contributed by atoms with van der Waals surface area (Å²) in [5.74, 6) is 3.30. The second kappa shape index (κ2) is 7.82. The maximum atomic E-state index is 12.4. The van der Waals surface area contributed by atoms with E-state index >= 15 is 0 Å². The van der Waals surface area contributed by atoms with Crippen LogP contribution in [0, 0.1) is 0 Å². The van der Waals surface area contributed by atoms with Gasteiger partial charge in [-0.2, -0.15) is 11.8 Å². The topological polar surface area (TPSA) is 83.1 Å². The van der Waals surface area contributed by atoms with Crippen LogP contribution in [0.3, 0.4) is 0 Å². The van der Waals surface area contributed by atoms with Gasteiger partial charge in [0.05, 0.1) is 11.1 Å². The Morgan fingerprint density at radius 1 is 1.31 bits per heavy atom. The van der Waals surface area contributed by atoms with Crippen molar-refractivity contribution < 1.29 is 9.00 Å². The minimum atomic E-state index is -0.760. The average Bonchev–Trinajstić information content (AvgIpc) is 3.19. The smallest absolute Gasteiger partial charge is 0.259 e. The van der Waals surface area contributed by atoms with Gasteiger partial charge >= 0.3 is 0 Å². The van der Waals surface area contributed by atoms with Crippen molar-refractivity contribution in [3.63, 3.8) is 0 Å². The summed E-state index contributed by atoms with van der Waals surface area (Å²) in [4.78, 5) is 36.1. The van der Waals surface area contributed by atoms with Crippen LogP contribution in [-0.2, 0) is 34.2 Å². The average molecular weight is 412 g/mol. The summed E-state index contributed by atoms with van der Waals surface area (Å²) in [7, 11) is -0.760. The van der Waals surface area contributed by atoms with Crippen LogP contribution in [0.25, 0.3) is 10.2 Å². The molecule has 1 N–H and O–H groups in total. The number of thiophene rings is 1. The minimum Gasteiger partial charge on any atom is -0.341 e. The number of fused-ring (bicyclic) bond motifs is 3. The standard InChI is InChI=1S/C17H21N3O3S3/c21-14(20-5-8-26(23)9-6-20)4-7-24-10-13-18-16(22)15-11-2-1-3-12(11)25-17(15)19-13/h1-10H2,(H,18,19,22). The van der Waals surface area contributed by atoms with Gasteiger partial charge in [0.25, 0.3) is 5.56 Å². The Morgan fingerprint density at radius 3 is 2.92 bits per heavy atom. The molecule has 0 aromatic carbocycles. The fourth-order valence-electron chi connectivity index (χ4n) is 3.49. The molecule has 0 radical (unpaired) electrons. The first-order chi connectivity index (χ1) is 12.6. The zero-order valence-electron chi connectivity index (χ0n) is 14.4. The number of carbonyl (C=O) groups excluding carboxylic acids is 1. The first-order valence-corrected chi connectivity index (χ1v) is 12.3. The fraction of sp³-hybridized carbons (Fsp3) is 0.588. The van der Waals surface area contributed by atoms with E-state index in [-0.39, 0.29) is 11.5 Å². The number of hydrogen-bond donors (Lipinski definition) is 1. The predicted molar refractivity (Wildman–Crippen MR) is 108 cm³/mol. The number of H-pyrrole nitrogens is 1. The molecule has 0 atom stereocenters. The highest BCUT2D eigenvalue weighted by Crippen LogP contribution is 2.34. The molecule has 4 rings (SSSR count). The molecule has 140 valence electrons. The SMILES string of the molecule is O=C(CCSCc1nc2sc3c(c2c(=O)[nH]1)CCC3)N1CCS(=O)CC1. The number of aryl methyl sites for hydroxylation is 2.